The number of hydrogen-bond acceptors (Lipinski definition) is 2. The number of carbonyl (C=O) groups is 1. The average molecular weight is 329 g/mol. The van der Waals surface area contributed by atoms with Crippen molar-refractivity contribution in [1.29, 1.82) is 0 Å². The molecular weight excluding hydrogens is 307 g/mol. The fourth-order valence-corrected chi connectivity index (χ4v) is 3.30. The zero-order valence-corrected chi connectivity index (χ0v) is 14.2. The molecule has 116 valence electrons. The van der Waals surface area contributed by atoms with Crippen LogP contribution >= 0.6 is 23.2 Å². The van der Waals surface area contributed by atoms with Crippen molar-refractivity contribution in [3.8, 4) is 0 Å². The fraction of sp³-hybridized carbons (Fsp3) is 0.562. The second-order valence-electron chi connectivity index (χ2n) is 6.12. The van der Waals surface area contributed by atoms with Crippen LogP contribution in [0.4, 0.5) is 11.4 Å². The normalized spacial score (nSPS) is 23.8. The summed E-state index contributed by atoms with van der Waals surface area (Å²) in [4.78, 5) is 13.9. The molecule has 1 fully saturated rings. The van der Waals surface area contributed by atoms with Gasteiger partial charge in [0.2, 0.25) is 5.91 Å². The maximum absolute atomic E-state index is 11.6. The van der Waals surface area contributed by atoms with Gasteiger partial charge in [-0.3, -0.25) is 4.79 Å². The molecular formula is C16H22Cl2N2O. The van der Waals surface area contributed by atoms with Gasteiger partial charge in [0.1, 0.15) is 5.38 Å². The molecule has 1 aromatic carbocycles. The van der Waals surface area contributed by atoms with Crippen LogP contribution in [0.15, 0.2) is 18.2 Å². The van der Waals surface area contributed by atoms with Crippen LogP contribution in [0.25, 0.3) is 0 Å². The molecule has 3 atom stereocenters. The number of nitrogens with zero attached hydrogens (tertiary/aromatic N) is 1. The number of carbonyl (C=O) groups excluding carboxylic acids is 1. The van der Waals surface area contributed by atoms with Crippen LogP contribution in [-0.4, -0.2) is 24.4 Å². The van der Waals surface area contributed by atoms with Crippen molar-refractivity contribution >= 4 is 40.5 Å². The van der Waals surface area contributed by atoms with Gasteiger partial charge in [0.15, 0.2) is 0 Å². The highest BCUT2D eigenvalue weighted by atomic mass is 35.5. The van der Waals surface area contributed by atoms with E-state index in [4.69, 9.17) is 23.2 Å². The van der Waals surface area contributed by atoms with E-state index in [9.17, 15) is 4.79 Å². The number of amides is 1. The van der Waals surface area contributed by atoms with Gasteiger partial charge in [-0.05, 0) is 43.4 Å². The Hall–Kier alpha value is -0.930. The van der Waals surface area contributed by atoms with Crippen LogP contribution < -0.4 is 10.2 Å². The number of halogens is 2. The first-order valence-corrected chi connectivity index (χ1v) is 8.17. The van der Waals surface area contributed by atoms with Crippen molar-refractivity contribution in [1.82, 2.24) is 0 Å². The Morgan fingerprint density at radius 2 is 1.95 bits per heavy atom. The maximum Gasteiger partial charge on any atom is 0.242 e. The van der Waals surface area contributed by atoms with E-state index < -0.39 is 5.38 Å². The maximum atomic E-state index is 11.6. The van der Waals surface area contributed by atoms with E-state index in [1.54, 1.807) is 13.0 Å². The molecule has 1 N–H and O–H groups in total. The molecule has 0 unspecified atom stereocenters. The minimum atomic E-state index is -0.563. The van der Waals surface area contributed by atoms with E-state index in [0.29, 0.717) is 22.5 Å². The van der Waals surface area contributed by atoms with Crippen LogP contribution in [0.1, 0.15) is 27.2 Å². The van der Waals surface area contributed by atoms with Gasteiger partial charge in [-0.25, -0.2) is 0 Å². The largest absolute Gasteiger partial charge is 0.370 e. The van der Waals surface area contributed by atoms with Gasteiger partial charge in [-0.1, -0.05) is 25.4 Å². The van der Waals surface area contributed by atoms with Gasteiger partial charge in [0.25, 0.3) is 0 Å². The summed E-state index contributed by atoms with van der Waals surface area (Å²) in [7, 11) is 0. The highest BCUT2D eigenvalue weighted by Gasteiger charge is 2.23. The smallest absolute Gasteiger partial charge is 0.242 e. The van der Waals surface area contributed by atoms with E-state index in [-0.39, 0.29) is 5.91 Å². The van der Waals surface area contributed by atoms with Crippen molar-refractivity contribution in [2.45, 2.75) is 32.6 Å². The van der Waals surface area contributed by atoms with Crippen LogP contribution in [0.2, 0.25) is 5.02 Å². The lowest BCUT2D eigenvalue weighted by Crippen LogP contribution is -2.38. The molecule has 0 aliphatic carbocycles. The van der Waals surface area contributed by atoms with Gasteiger partial charge < -0.3 is 10.2 Å². The first-order chi connectivity index (χ1) is 9.86. The summed E-state index contributed by atoms with van der Waals surface area (Å²) in [6, 6.07) is 5.64. The molecule has 0 bridgehead atoms. The summed E-state index contributed by atoms with van der Waals surface area (Å²) in [6.07, 6.45) is 1.26. The second-order valence-corrected chi connectivity index (χ2v) is 7.18. The Bertz CT molecular complexity index is 509. The summed E-state index contributed by atoms with van der Waals surface area (Å²) < 4.78 is 0. The Kier molecular flexibility index (Phi) is 5.39. The van der Waals surface area contributed by atoms with Crippen molar-refractivity contribution in [3.05, 3.63) is 23.2 Å². The predicted molar refractivity (Wildman–Crippen MR) is 90.6 cm³/mol. The molecule has 1 amide bonds. The lowest BCUT2D eigenvalue weighted by atomic mass is 9.91. The molecule has 0 aromatic heterocycles. The molecule has 1 heterocycles. The Balaban J connectivity index is 2.13. The van der Waals surface area contributed by atoms with Crippen LogP contribution in [0.5, 0.6) is 0 Å². The standard InChI is InChI=1S/C16H22Cl2N2O/c1-10-6-11(2)9-20(8-10)15-5-4-13(7-14(15)18)19-16(21)12(3)17/h4-5,7,10-12H,6,8-9H2,1-3H3,(H,19,21)/t10-,11+,12-/m1/s1. The zero-order chi connectivity index (χ0) is 15.6. The number of alkyl halides is 1. The molecule has 1 saturated heterocycles. The zero-order valence-electron chi connectivity index (χ0n) is 12.7. The Morgan fingerprint density at radius 3 is 2.48 bits per heavy atom. The molecule has 1 aromatic rings. The predicted octanol–water partition coefficient (Wildman–Crippen LogP) is 4.39. The van der Waals surface area contributed by atoms with E-state index in [1.807, 2.05) is 12.1 Å². The number of hydrogen-bond donors (Lipinski definition) is 1. The van der Waals surface area contributed by atoms with Crippen molar-refractivity contribution < 1.29 is 4.79 Å². The van der Waals surface area contributed by atoms with Gasteiger partial charge in [-0.2, -0.15) is 0 Å². The third-order valence-electron chi connectivity index (χ3n) is 3.79. The Labute approximate surface area is 136 Å². The number of anilines is 2. The quantitative estimate of drug-likeness (QED) is 0.834. The highest BCUT2D eigenvalue weighted by molar-refractivity contribution is 6.34. The average Bonchev–Trinajstić information content (AvgIpc) is 2.37. The molecule has 5 heteroatoms. The van der Waals surface area contributed by atoms with Gasteiger partial charge >= 0.3 is 0 Å². The van der Waals surface area contributed by atoms with Gasteiger partial charge in [0.05, 0.1) is 10.7 Å². The van der Waals surface area contributed by atoms with Crippen molar-refractivity contribution in [2.24, 2.45) is 11.8 Å². The van der Waals surface area contributed by atoms with Gasteiger partial charge in [0, 0.05) is 18.8 Å². The van der Waals surface area contributed by atoms with E-state index in [0.717, 1.165) is 18.8 Å². The van der Waals surface area contributed by atoms with Crippen LogP contribution in [-0.2, 0) is 4.79 Å². The van der Waals surface area contributed by atoms with E-state index in [1.165, 1.54) is 6.42 Å². The molecule has 3 nitrogen and oxygen atoms in total. The molecule has 0 radical (unpaired) electrons. The highest BCUT2D eigenvalue weighted by Crippen LogP contribution is 2.33. The SMILES string of the molecule is C[C@@H]1C[C@H](C)CN(c2ccc(NC(=O)[C@@H](C)Cl)cc2Cl)C1. The monoisotopic (exact) mass is 328 g/mol. The van der Waals surface area contributed by atoms with Crippen LogP contribution in [0, 0.1) is 11.8 Å². The van der Waals surface area contributed by atoms with Crippen LogP contribution in [0.3, 0.4) is 0 Å². The number of rotatable bonds is 3. The lowest BCUT2D eigenvalue weighted by molar-refractivity contribution is -0.115. The minimum absolute atomic E-state index is 0.222. The first-order valence-electron chi connectivity index (χ1n) is 7.36. The number of nitrogens with one attached hydrogen (secondary N) is 1. The third-order valence-corrected chi connectivity index (χ3v) is 4.29. The van der Waals surface area contributed by atoms with Crippen molar-refractivity contribution in [2.75, 3.05) is 23.3 Å². The summed E-state index contributed by atoms with van der Waals surface area (Å²) in [5, 5.41) is 2.86. The summed E-state index contributed by atoms with van der Waals surface area (Å²) >= 11 is 12.1. The molecule has 0 spiro atoms. The summed E-state index contributed by atoms with van der Waals surface area (Å²) in [6.45, 7) is 8.23. The molecule has 21 heavy (non-hydrogen) atoms. The summed E-state index contributed by atoms with van der Waals surface area (Å²) in [5.41, 5.74) is 1.71. The fourth-order valence-electron chi connectivity index (χ4n) is 2.94. The third kappa shape index (κ3) is 4.27. The summed E-state index contributed by atoms with van der Waals surface area (Å²) in [5.74, 6) is 1.11. The Morgan fingerprint density at radius 1 is 1.33 bits per heavy atom. The molecule has 0 saturated carbocycles. The second kappa shape index (κ2) is 6.89. The number of benzene rings is 1. The van der Waals surface area contributed by atoms with E-state index >= 15 is 0 Å². The van der Waals surface area contributed by atoms with E-state index in [2.05, 4.69) is 24.1 Å². The first kappa shape index (κ1) is 16.4. The van der Waals surface area contributed by atoms with Crippen molar-refractivity contribution in [3.63, 3.8) is 0 Å². The van der Waals surface area contributed by atoms with Gasteiger partial charge in [-0.15, -0.1) is 11.6 Å². The molecule has 2 rings (SSSR count). The topological polar surface area (TPSA) is 32.3 Å². The molecule has 1 aliphatic rings. The lowest BCUT2D eigenvalue weighted by Gasteiger charge is -2.37. The molecule has 1 aliphatic heterocycles. The number of piperidine rings is 1. The minimum Gasteiger partial charge on any atom is -0.370 e.